The predicted octanol–water partition coefficient (Wildman–Crippen LogP) is 0.838. The number of rotatable bonds is 4. The summed E-state index contributed by atoms with van der Waals surface area (Å²) in [6, 6.07) is 4.12. The molecule has 0 bridgehead atoms. The summed E-state index contributed by atoms with van der Waals surface area (Å²) in [5.41, 5.74) is 0.277. The van der Waals surface area contributed by atoms with Crippen LogP contribution in [0.25, 0.3) is 0 Å². The van der Waals surface area contributed by atoms with Crippen LogP contribution in [0.3, 0.4) is 0 Å². The van der Waals surface area contributed by atoms with Gasteiger partial charge in [0.1, 0.15) is 0 Å². The van der Waals surface area contributed by atoms with Crippen molar-refractivity contribution in [3.63, 3.8) is 0 Å². The Bertz CT molecular complexity index is 636. The van der Waals surface area contributed by atoms with Gasteiger partial charge in [0, 0.05) is 30.8 Å². The maximum atomic E-state index is 12.4. The monoisotopic (exact) mass is 299 g/mol. The van der Waals surface area contributed by atoms with E-state index < -0.39 is 14.9 Å². The second-order valence-electron chi connectivity index (χ2n) is 5.14. The van der Waals surface area contributed by atoms with E-state index in [1.807, 2.05) is 19.0 Å². The number of benzene rings is 1. The Hall–Kier alpha value is -1.51. The lowest BCUT2D eigenvalue weighted by Gasteiger charge is -2.41. The van der Waals surface area contributed by atoms with Crippen LogP contribution in [0, 0.1) is 17.0 Å². The standard InChI is InChI=1S/C12H17N3O4S/c1-9-6-11(4-5-12(9)15(16)17)20(18,19)14-7-10(8-14)13(2)3/h4-6,10H,7-8H2,1-3H3. The summed E-state index contributed by atoms with van der Waals surface area (Å²) in [5.74, 6) is 0. The number of aryl methyl sites for hydroxylation is 1. The summed E-state index contributed by atoms with van der Waals surface area (Å²) >= 11 is 0. The van der Waals surface area contributed by atoms with E-state index in [9.17, 15) is 18.5 Å². The minimum absolute atomic E-state index is 0.0706. The van der Waals surface area contributed by atoms with Crippen LogP contribution in [0.5, 0.6) is 0 Å². The Morgan fingerprint density at radius 1 is 1.35 bits per heavy atom. The molecular formula is C12H17N3O4S. The van der Waals surface area contributed by atoms with Crippen LogP contribution in [0.1, 0.15) is 5.56 Å². The van der Waals surface area contributed by atoms with Gasteiger partial charge in [-0.25, -0.2) is 8.42 Å². The topological polar surface area (TPSA) is 83.8 Å². The molecule has 0 N–H and O–H groups in total. The van der Waals surface area contributed by atoms with E-state index in [4.69, 9.17) is 0 Å². The highest BCUT2D eigenvalue weighted by molar-refractivity contribution is 7.89. The molecule has 8 heteroatoms. The fraction of sp³-hybridized carbons (Fsp3) is 0.500. The van der Waals surface area contributed by atoms with E-state index in [0.717, 1.165) is 0 Å². The highest BCUT2D eigenvalue weighted by Gasteiger charge is 2.37. The molecule has 0 aromatic heterocycles. The van der Waals surface area contributed by atoms with Gasteiger partial charge >= 0.3 is 0 Å². The summed E-state index contributed by atoms with van der Waals surface area (Å²) in [6.07, 6.45) is 0. The number of likely N-dealkylation sites (N-methyl/N-ethyl adjacent to an activating group) is 1. The smallest absolute Gasteiger partial charge is 0.272 e. The van der Waals surface area contributed by atoms with E-state index in [-0.39, 0.29) is 16.6 Å². The van der Waals surface area contributed by atoms with Crippen molar-refractivity contribution in [2.45, 2.75) is 17.9 Å². The lowest BCUT2D eigenvalue weighted by molar-refractivity contribution is -0.385. The summed E-state index contributed by atoms with van der Waals surface area (Å²) in [5, 5.41) is 10.7. The van der Waals surface area contributed by atoms with Crippen molar-refractivity contribution in [2.24, 2.45) is 0 Å². The first-order chi connectivity index (χ1) is 9.23. The van der Waals surface area contributed by atoms with Crippen LogP contribution in [-0.4, -0.2) is 55.8 Å². The Balaban J connectivity index is 2.24. The molecule has 0 aliphatic carbocycles. The van der Waals surface area contributed by atoms with Crippen molar-refractivity contribution in [3.05, 3.63) is 33.9 Å². The van der Waals surface area contributed by atoms with Gasteiger partial charge < -0.3 is 4.90 Å². The lowest BCUT2D eigenvalue weighted by atomic mass is 10.2. The number of nitrogens with zero attached hydrogens (tertiary/aromatic N) is 3. The molecule has 1 saturated heterocycles. The quantitative estimate of drug-likeness (QED) is 0.607. The number of nitro benzene ring substituents is 1. The Morgan fingerprint density at radius 2 is 1.95 bits per heavy atom. The second kappa shape index (κ2) is 5.12. The van der Waals surface area contributed by atoms with Crippen LogP contribution in [0.4, 0.5) is 5.69 Å². The third-order valence-corrected chi connectivity index (χ3v) is 5.39. The molecular weight excluding hydrogens is 282 g/mol. The summed E-state index contributed by atoms with van der Waals surface area (Å²) in [7, 11) is 0.265. The normalized spacial score (nSPS) is 17.2. The van der Waals surface area contributed by atoms with Gasteiger partial charge in [0.2, 0.25) is 10.0 Å². The van der Waals surface area contributed by atoms with Gasteiger partial charge in [0.15, 0.2) is 0 Å². The molecule has 1 aromatic carbocycles. The molecule has 0 radical (unpaired) electrons. The van der Waals surface area contributed by atoms with Gasteiger partial charge in [-0.05, 0) is 33.2 Å². The first-order valence-electron chi connectivity index (χ1n) is 6.15. The molecule has 1 heterocycles. The minimum Gasteiger partial charge on any atom is -0.304 e. The minimum atomic E-state index is -3.55. The number of nitro groups is 1. The highest BCUT2D eigenvalue weighted by atomic mass is 32.2. The molecule has 110 valence electrons. The van der Waals surface area contributed by atoms with Crippen molar-refractivity contribution in [1.82, 2.24) is 9.21 Å². The van der Waals surface area contributed by atoms with Gasteiger partial charge in [-0.3, -0.25) is 10.1 Å². The molecule has 1 aromatic rings. The zero-order chi connectivity index (χ0) is 15.1. The first kappa shape index (κ1) is 14.9. The number of hydrogen-bond donors (Lipinski definition) is 0. The molecule has 7 nitrogen and oxygen atoms in total. The molecule has 1 aliphatic rings. The number of hydrogen-bond acceptors (Lipinski definition) is 5. The zero-order valence-corrected chi connectivity index (χ0v) is 12.4. The Kier molecular flexibility index (Phi) is 3.81. The van der Waals surface area contributed by atoms with Gasteiger partial charge in [0.25, 0.3) is 5.69 Å². The van der Waals surface area contributed by atoms with Crippen LogP contribution >= 0.6 is 0 Å². The van der Waals surface area contributed by atoms with E-state index in [2.05, 4.69) is 0 Å². The summed E-state index contributed by atoms with van der Waals surface area (Å²) < 4.78 is 26.1. The van der Waals surface area contributed by atoms with Crippen LogP contribution in [-0.2, 0) is 10.0 Å². The van der Waals surface area contributed by atoms with E-state index in [1.165, 1.54) is 29.4 Å². The lowest BCUT2D eigenvalue weighted by Crippen LogP contribution is -2.59. The summed E-state index contributed by atoms with van der Waals surface area (Å²) in [4.78, 5) is 12.3. The fourth-order valence-electron chi connectivity index (χ4n) is 2.08. The molecule has 0 unspecified atom stereocenters. The molecule has 20 heavy (non-hydrogen) atoms. The average molecular weight is 299 g/mol. The van der Waals surface area contributed by atoms with E-state index >= 15 is 0 Å². The molecule has 0 atom stereocenters. The van der Waals surface area contributed by atoms with Crippen LogP contribution < -0.4 is 0 Å². The molecule has 2 rings (SSSR count). The zero-order valence-electron chi connectivity index (χ0n) is 11.6. The Morgan fingerprint density at radius 3 is 2.40 bits per heavy atom. The maximum Gasteiger partial charge on any atom is 0.272 e. The molecule has 0 saturated carbocycles. The van der Waals surface area contributed by atoms with Crippen molar-refractivity contribution in [2.75, 3.05) is 27.2 Å². The predicted molar refractivity (Wildman–Crippen MR) is 74.1 cm³/mol. The third-order valence-electron chi connectivity index (χ3n) is 3.56. The van der Waals surface area contributed by atoms with Gasteiger partial charge in [-0.1, -0.05) is 0 Å². The number of sulfonamides is 1. The summed E-state index contributed by atoms with van der Waals surface area (Å²) in [6.45, 7) is 2.44. The molecule has 0 amide bonds. The Labute approximate surface area is 118 Å². The van der Waals surface area contributed by atoms with E-state index in [0.29, 0.717) is 18.7 Å². The molecule has 1 fully saturated rings. The van der Waals surface area contributed by atoms with Gasteiger partial charge in [0.05, 0.1) is 9.82 Å². The fourth-order valence-corrected chi connectivity index (χ4v) is 3.68. The van der Waals surface area contributed by atoms with Crippen molar-refractivity contribution >= 4 is 15.7 Å². The van der Waals surface area contributed by atoms with Gasteiger partial charge in [-0.2, -0.15) is 4.31 Å². The van der Waals surface area contributed by atoms with Crippen LogP contribution in [0.15, 0.2) is 23.1 Å². The van der Waals surface area contributed by atoms with Crippen molar-refractivity contribution < 1.29 is 13.3 Å². The molecule has 0 spiro atoms. The SMILES string of the molecule is Cc1cc(S(=O)(=O)N2CC(N(C)C)C2)ccc1[N+](=O)[O-]. The second-order valence-corrected chi connectivity index (χ2v) is 7.08. The molecule has 1 aliphatic heterocycles. The van der Waals surface area contributed by atoms with Crippen molar-refractivity contribution in [3.8, 4) is 0 Å². The first-order valence-corrected chi connectivity index (χ1v) is 7.59. The third kappa shape index (κ3) is 2.54. The average Bonchev–Trinajstić information content (AvgIpc) is 2.24. The van der Waals surface area contributed by atoms with Crippen LogP contribution in [0.2, 0.25) is 0 Å². The largest absolute Gasteiger partial charge is 0.304 e. The maximum absolute atomic E-state index is 12.4. The van der Waals surface area contributed by atoms with E-state index in [1.54, 1.807) is 0 Å². The highest BCUT2D eigenvalue weighted by Crippen LogP contribution is 2.27. The van der Waals surface area contributed by atoms with Crippen molar-refractivity contribution in [1.29, 1.82) is 0 Å². The van der Waals surface area contributed by atoms with Gasteiger partial charge in [-0.15, -0.1) is 0 Å².